The first-order valence-corrected chi connectivity index (χ1v) is 23.8. The van der Waals surface area contributed by atoms with Crippen molar-refractivity contribution in [1.82, 2.24) is 19.5 Å². The van der Waals surface area contributed by atoms with E-state index in [0.717, 1.165) is 32.9 Å². The second-order valence-corrected chi connectivity index (χ2v) is 18.6. The number of hydrogen-bond acceptors (Lipinski definition) is 3. The first-order chi connectivity index (χ1) is 34.2. The summed E-state index contributed by atoms with van der Waals surface area (Å²) >= 11 is 0. The zero-order valence-corrected chi connectivity index (χ0v) is 37.4. The van der Waals surface area contributed by atoms with E-state index in [-0.39, 0.29) is 0 Å². The number of nitrogens with zero attached hydrogens (tertiary/aromatic N) is 4. The Morgan fingerprint density at radius 1 is 0.275 bits per heavy atom. The van der Waals surface area contributed by atoms with Crippen molar-refractivity contribution in [1.29, 1.82) is 0 Å². The molecule has 0 fully saturated rings. The maximum atomic E-state index is 5.57. The van der Waals surface area contributed by atoms with Gasteiger partial charge in [0.2, 0.25) is 5.95 Å². The van der Waals surface area contributed by atoms with Crippen molar-refractivity contribution in [2.24, 2.45) is 0 Å². The van der Waals surface area contributed by atoms with Crippen molar-refractivity contribution in [3.05, 3.63) is 287 Å². The van der Waals surface area contributed by atoms with Gasteiger partial charge in [-0.2, -0.15) is 9.97 Å². The molecule has 0 aliphatic heterocycles. The van der Waals surface area contributed by atoms with Crippen LogP contribution in [0.2, 0.25) is 0 Å². The molecule has 12 aromatic rings. The SMILES string of the molecule is c1ccc(-c2nc(-c3ccc4c(c3)C3(c5ccccc5-c5ccccc53)c3ccccc3-4)nc(-n3c4ccccc4c4ccc(C5(c6ccccc6)c6ccccc6-c6ccccc65)cc43)n2)cc1. The van der Waals surface area contributed by atoms with E-state index >= 15 is 0 Å². The van der Waals surface area contributed by atoms with E-state index in [4.69, 9.17) is 15.0 Å². The van der Waals surface area contributed by atoms with Crippen LogP contribution in [0, 0.1) is 0 Å². The quantitative estimate of drug-likeness (QED) is 0.173. The fourth-order valence-electron chi connectivity index (χ4n) is 12.7. The second-order valence-electron chi connectivity index (χ2n) is 18.6. The molecule has 3 aliphatic rings. The lowest BCUT2D eigenvalue weighted by atomic mass is 9.67. The molecule has 2 aromatic heterocycles. The monoisotopic (exact) mass is 876 g/mol. The van der Waals surface area contributed by atoms with Crippen molar-refractivity contribution in [3.63, 3.8) is 0 Å². The van der Waals surface area contributed by atoms with Crippen LogP contribution in [0.25, 0.3) is 83.9 Å². The largest absolute Gasteiger partial charge is 0.278 e. The molecule has 4 heteroatoms. The van der Waals surface area contributed by atoms with Crippen LogP contribution in [0.15, 0.2) is 243 Å². The van der Waals surface area contributed by atoms with E-state index in [0.29, 0.717) is 17.6 Å². The van der Waals surface area contributed by atoms with E-state index in [1.807, 2.05) is 6.07 Å². The van der Waals surface area contributed by atoms with Crippen molar-refractivity contribution in [3.8, 4) is 62.1 Å². The molecule has 3 aliphatic carbocycles. The first-order valence-electron chi connectivity index (χ1n) is 23.8. The number of para-hydroxylation sites is 1. The van der Waals surface area contributed by atoms with Crippen LogP contribution in [-0.4, -0.2) is 19.5 Å². The number of aromatic nitrogens is 4. The molecular weight excluding hydrogens is 837 g/mol. The Kier molecular flexibility index (Phi) is 7.88. The van der Waals surface area contributed by atoms with Crippen LogP contribution in [-0.2, 0) is 10.8 Å². The van der Waals surface area contributed by atoms with Gasteiger partial charge in [0, 0.05) is 21.9 Å². The third kappa shape index (κ3) is 5.04. The highest BCUT2D eigenvalue weighted by molar-refractivity contribution is 6.09. The standard InChI is InChI=1S/C65H40N4/c1-3-19-41(20-4-1)61-66-62(42-35-37-50-49-27-11-17-33-57(49)65(58(50)39-42)55-31-15-9-25-47(55)48-26-10-16-32-56(48)65)68-63(67-61)69-59-34-18-12-28-51(59)52-38-36-44(40-60(52)69)64(43-21-5-2-6-22-43)53-29-13-7-23-45(53)46-24-8-14-30-54(46)64/h1-40H. The fourth-order valence-corrected chi connectivity index (χ4v) is 12.7. The number of fused-ring (bicyclic) bond motifs is 16. The van der Waals surface area contributed by atoms with Gasteiger partial charge in [0.25, 0.3) is 0 Å². The van der Waals surface area contributed by atoms with Gasteiger partial charge in [0.1, 0.15) is 0 Å². The Labute approximate surface area is 399 Å². The summed E-state index contributed by atoms with van der Waals surface area (Å²) in [6.07, 6.45) is 0. The molecule has 0 bridgehead atoms. The molecule has 0 N–H and O–H groups in total. The zero-order chi connectivity index (χ0) is 45.3. The predicted molar refractivity (Wildman–Crippen MR) is 279 cm³/mol. The maximum absolute atomic E-state index is 5.57. The lowest BCUT2D eigenvalue weighted by molar-refractivity contribution is 0.769. The minimum Gasteiger partial charge on any atom is -0.278 e. The Morgan fingerprint density at radius 2 is 0.725 bits per heavy atom. The molecule has 0 saturated carbocycles. The Bertz CT molecular complexity index is 3980. The van der Waals surface area contributed by atoms with Crippen LogP contribution < -0.4 is 0 Å². The van der Waals surface area contributed by atoms with Crippen LogP contribution in [0.3, 0.4) is 0 Å². The molecule has 10 aromatic carbocycles. The van der Waals surface area contributed by atoms with E-state index < -0.39 is 10.8 Å². The second kappa shape index (κ2) is 14.3. The highest BCUT2D eigenvalue weighted by Crippen LogP contribution is 2.63. The van der Waals surface area contributed by atoms with Crippen LogP contribution >= 0.6 is 0 Å². The van der Waals surface area contributed by atoms with Gasteiger partial charge in [-0.05, 0) is 96.1 Å². The van der Waals surface area contributed by atoms with Gasteiger partial charge in [-0.1, -0.05) is 224 Å². The van der Waals surface area contributed by atoms with Gasteiger partial charge >= 0.3 is 0 Å². The average Bonchev–Trinajstić information content (AvgIpc) is 4.12. The van der Waals surface area contributed by atoms with E-state index in [9.17, 15) is 0 Å². The van der Waals surface area contributed by atoms with Gasteiger partial charge in [-0.15, -0.1) is 0 Å². The Morgan fingerprint density at radius 3 is 1.30 bits per heavy atom. The molecule has 69 heavy (non-hydrogen) atoms. The summed E-state index contributed by atoms with van der Waals surface area (Å²) in [5.41, 5.74) is 20.5. The highest BCUT2D eigenvalue weighted by atomic mass is 15.2. The third-order valence-corrected chi connectivity index (χ3v) is 15.4. The summed E-state index contributed by atoms with van der Waals surface area (Å²) in [5.74, 6) is 1.80. The number of benzene rings is 10. The predicted octanol–water partition coefficient (Wildman–Crippen LogP) is 15.0. The number of hydrogen-bond donors (Lipinski definition) is 0. The summed E-state index contributed by atoms with van der Waals surface area (Å²) in [7, 11) is 0. The molecule has 2 heterocycles. The average molecular weight is 877 g/mol. The molecule has 0 saturated heterocycles. The molecule has 4 nitrogen and oxygen atoms in total. The Hall–Kier alpha value is -8.99. The molecule has 15 rings (SSSR count). The van der Waals surface area contributed by atoms with Crippen LogP contribution in [0.5, 0.6) is 0 Å². The normalized spacial score (nSPS) is 14.0. The van der Waals surface area contributed by atoms with Crippen molar-refractivity contribution >= 4 is 21.8 Å². The van der Waals surface area contributed by atoms with Gasteiger partial charge in [-0.25, -0.2) is 4.98 Å². The molecule has 0 amide bonds. The van der Waals surface area contributed by atoms with Crippen LogP contribution in [0.1, 0.15) is 44.5 Å². The maximum Gasteiger partial charge on any atom is 0.238 e. The minimum atomic E-state index is -0.571. The smallest absolute Gasteiger partial charge is 0.238 e. The van der Waals surface area contributed by atoms with Gasteiger partial charge in [-0.3, -0.25) is 4.57 Å². The van der Waals surface area contributed by atoms with Crippen molar-refractivity contribution in [2.45, 2.75) is 10.8 Å². The zero-order valence-electron chi connectivity index (χ0n) is 37.4. The summed E-state index contributed by atoms with van der Waals surface area (Å²) in [5, 5.41) is 2.27. The summed E-state index contributed by atoms with van der Waals surface area (Å²) < 4.78 is 2.27. The molecule has 0 atom stereocenters. The van der Waals surface area contributed by atoms with E-state index in [2.05, 4.69) is 241 Å². The summed E-state index contributed by atoms with van der Waals surface area (Å²) in [6.45, 7) is 0. The lowest BCUT2D eigenvalue weighted by Gasteiger charge is -2.34. The topological polar surface area (TPSA) is 43.6 Å². The number of rotatable bonds is 5. The molecule has 320 valence electrons. The van der Waals surface area contributed by atoms with Crippen molar-refractivity contribution in [2.75, 3.05) is 0 Å². The van der Waals surface area contributed by atoms with Crippen molar-refractivity contribution < 1.29 is 0 Å². The van der Waals surface area contributed by atoms with Gasteiger partial charge < -0.3 is 0 Å². The highest BCUT2D eigenvalue weighted by Gasteiger charge is 2.52. The van der Waals surface area contributed by atoms with E-state index in [1.165, 1.54) is 77.9 Å². The molecular formula is C65H40N4. The lowest BCUT2D eigenvalue weighted by Crippen LogP contribution is -2.28. The van der Waals surface area contributed by atoms with Gasteiger partial charge in [0.05, 0.1) is 21.9 Å². The molecule has 0 radical (unpaired) electrons. The Balaban J connectivity index is 0.998. The molecule has 1 spiro atoms. The fraction of sp³-hybridized carbons (Fsp3) is 0.0308. The van der Waals surface area contributed by atoms with E-state index in [1.54, 1.807) is 0 Å². The summed E-state index contributed by atoms with van der Waals surface area (Å²) in [6, 6.07) is 88.6. The van der Waals surface area contributed by atoms with Crippen LogP contribution in [0.4, 0.5) is 0 Å². The minimum absolute atomic E-state index is 0.497. The third-order valence-electron chi connectivity index (χ3n) is 15.4. The summed E-state index contributed by atoms with van der Waals surface area (Å²) in [4.78, 5) is 16.4. The first kappa shape index (κ1) is 38.1. The van der Waals surface area contributed by atoms with Gasteiger partial charge in [0.15, 0.2) is 11.6 Å². The molecule has 0 unspecified atom stereocenters.